The van der Waals surface area contributed by atoms with Gasteiger partial charge in [0, 0.05) is 20.7 Å². The minimum absolute atomic E-state index is 0.107. The molecule has 0 radical (unpaired) electrons. The number of carbonyl (C=O) groups is 2. The van der Waals surface area contributed by atoms with E-state index in [-0.39, 0.29) is 16.8 Å². The van der Waals surface area contributed by atoms with Crippen molar-refractivity contribution in [2.24, 2.45) is 10.2 Å². The second kappa shape index (κ2) is 7.81. The summed E-state index contributed by atoms with van der Waals surface area (Å²) in [5, 5.41) is 8.49. The molecule has 2 aliphatic heterocycles. The number of hydrogen-bond donors (Lipinski definition) is 1. The summed E-state index contributed by atoms with van der Waals surface area (Å²) in [6, 6.07) is 0. The summed E-state index contributed by atoms with van der Waals surface area (Å²) in [5.41, 5.74) is -1.26. The minimum Gasteiger partial charge on any atom is -0.302 e. The first-order chi connectivity index (χ1) is 11.3. The predicted octanol–water partition coefficient (Wildman–Crippen LogP) is 0.669. The minimum atomic E-state index is -4.31. The second-order valence-corrected chi connectivity index (χ2v) is 7.93. The van der Waals surface area contributed by atoms with Crippen LogP contribution in [0.25, 0.3) is 0 Å². The summed E-state index contributed by atoms with van der Waals surface area (Å²) in [7, 11) is -1.88. The van der Waals surface area contributed by atoms with E-state index in [0.29, 0.717) is 11.7 Å². The monoisotopic (exact) mass is 394 g/mol. The molecule has 10 nitrogen and oxygen atoms in total. The summed E-state index contributed by atoms with van der Waals surface area (Å²) in [6.07, 6.45) is 1.57. The van der Waals surface area contributed by atoms with Crippen LogP contribution in [0.4, 0.5) is 0 Å². The van der Waals surface area contributed by atoms with Crippen LogP contribution in [-0.4, -0.2) is 68.7 Å². The Labute approximate surface area is 146 Å². The Balaban J connectivity index is 2.14. The lowest BCUT2D eigenvalue weighted by atomic mass is 10.5. The Morgan fingerprint density at radius 3 is 2.75 bits per heavy atom. The van der Waals surface area contributed by atoms with E-state index in [0.717, 1.165) is 23.8 Å². The van der Waals surface area contributed by atoms with Crippen molar-refractivity contribution in [3.63, 3.8) is 0 Å². The highest BCUT2D eigenvalue weighted by Gasteiger charge is 2.41. The van der Waals surface area contributed by atoms with Crippen LogP contribution in [0, 0.1) is 0 Å². The molecule has 2 fully saturated rings. The number of phosphoric ester groups is 1. The number of thioether (sulfide) groups is 2. The van der Waals surface area contributed by atoms with E-state index in [9.17, 15) is 19.0 Å². The van der Waals surface area contributed by atoms with Crippen LogP contribution in [-0.2, 0) is 23.2 Å². The molecule has 0 aromatic carbocycles. The van der Waals surface area contributed by atoms with Crippen molar-refractivity contribution in [3.05, 3.63) is 12.7 Å². The predicted molar refractivity (Wildman–Crippen MR) is 91.3 cm³/mol. The first-order valence-corrected chi connectivity index (χ1v) is 9.86. The van der Waals surface area contributed by atoms with Gasteiger partial charge in [0.15, 0.2) is 10.3 Å². The maximum absolute atomic E-state index is 12.0. The molecule has 0 aliphatic carbocycles. The number of likely N-dealkylation sites (N-methyl/N-ethyl adjacent to an activating group) is 1. The highest BCUT2D eigenvalue weighted by molar-refractivity contribution is 8.15. The van der Waals surface area contributed by atoms with E-state index in [1.54, 1.807) is 6.08 Å². The molecule has 0 aromatic rings. The molecule has 0 bridgehead atoms. The highest BCUT2D eigenvalue weighted by Crippen LogP contribution is 2.47. The fourth-order valence-electron chi connectivity index (χ4n) is 1.67. The van der Waals surface area contributed by atoms with Gasteiger partial charge in [-0.05, 0) is 11.8 Å². The molecule has 2 aliphatic rings. The van der Waals surface area contributed by atoms with Gasteiger partial charge in [0.25, 0.3) is 5.91 Å². The molecule has 2 atom stereocenters. The van der Waals surface area contributed by atoms with E-state index < -0.39 is 19.2 Å². The largest absolute Gasteiger partial charge is 0.473 e. The SMILES string of the molecule is C=CCN1C(=O)CSC1=NN=C1SC(OP(=O)(O)OC)C(=O)N1C. The molecule has 0 spiro atoms. The Morgan fingerprint density at radius 2 is 2.12 bits per heavy atom. The Morgan fingerprint density at radius 1 is 1.46 bits per heavy atom. The number of nitrogens with zero attached hydrogens (tertiary/aromatic N) is 4. The van der Waals surface area contributed by atoms with Gasteiger partial charge >= 0.3 is 7.82 Å². The van der Waals surface area contributed by atoms with Crippen molar-refractivity contribution in [1.29, 1.82) is 0 Å². The third-order valence-corrected chi connectivity index (χ3v) is 5.99. The Kier molecular flexibility index (Phi) is 6.23. The summed E-state index contributed by atoms with van der Waals surface area (Å²) >= 11 is 2.04. The number of hydrogen-bond acceptors (Lipinski definition) is 9. The lowest BCUT2D eigenvalue weighted by Crippen LogP contribution is -2.30. The summed E-state index contributed by atoms with van der Waals surface area (Å²) in [5.74, 6) is -0.416. The molecule has 2 saturated heterocycles. The summed E-state index contributed by atoms with van der Waals surface area (Å²) < 4.78 is 20.5. The second-order valence-electron chi connectivity index (χ2n) is 4.45. The summed E-state index contributed by atoms with van der Waals surface area (Å²) in [4.78, 5) is 35.6. The standard InChI is InChI=1S/C11H15N4O6PS2/c1-4-5-15-7(16)6-23-11(15)13-12-10-14(2)8(17)9(24-10)21-22(18,19)20-3/h4,9H,1,5-6H2,2-3H3,(H,18,19). The number of phosphoric acid groups is 1. The van der Waals surface area contributed by atoms with Gasteiger partial charge in [0.1, 0.15) is 0 Å². The molecule has 24 heavy (non-hydrogen) atoms. The van der Waals surface area contributed by atoms with Crippen LogP contribution in [0.1, 0.15) is 0 Å². The van der Waals surface area contributed by atoms with Gasteiger partial charge < -0.3 is 4.89 Å². The van der Waals surface area contributed by atoms with Crippen LogP contribution < -0.4 is 0 Å². The first-order valence-electron chi connectivity index (χ1n) is 6.50. The molecule has 2 heterocycles. The Hall–Kier alpha value is -1.17. The van der Waals surface area contributed by atoms with Gasteiger partial charge in [-0.2, -0.15) is 0 Å². The van der Waals surface area contributed by atoms with E-state index in [2.05, 4.69) is 21.3 Å². The molecule has 2 rings (SSSR count). The van der Waals surface area contributed by atoms with Crippen LogP contribution >= 0.6 is 31.3 Å². The number of amides is 2. The molecule has 13 heteroatoms. The molecule has 0 saturated carbocycles. The van der Waals surface area contributed by atoms with E-state index in [1.165, 1.54) is 23.7 Å². The lowest BCUT2D eigenvalue weighted by molar-refractivity contribution is -0.129. The smallest absolute Gasteiger partial charge is 0.302 e. The molecule has 2 amide bonds. The van der Waals surface area contributed by atoms with Crippen molar-refractivity contribution in [1.82, 2.24) is 9.80 Å². The van der Waals surface area contributed by atoms with Crippen molar-refractivity contribution < 1.29 is 28.1 Å². The molecular weight excluding hydrogens is 379 g/mol. The maximum atomic E-state index is 12.0. The van der Waals surface area contributed by atoms with E-state index in [4.69, 9.17) is 4.52 Å². The number of rotatable bonds is 6. The molecule has 132 valence electrons. The van der Waals surface area contributed by atoms with Gasteiger partial charge in [0.05, 0.1) is 5.75 Å². The van der Waals surface area contributed by atoms with Crippen LogP contribution in [0.15, 0.2) is 22.9 Å². The van der Waals surface area contributed by atoms with Gasteiger partial charge in [-0.3, -0.25) is 28.4 Å². The van der Waals surface area contributed by atoms with Gasteiger partial charge in [-0.25, -0.2) is 4.57 Å². The summed E-state index contributed by atoms with van der Waals surface area (Å²) in [6.45, 7) is 3.89. The number of amidine groups is 2. The van der Waals surface area contributed by atoms with Crippen LogP contribution in [0.5, 0.6) is 0 Å². The zero-order chi connectivity index (χ0) is 17.9. The van der Waals surface area contributed by atoms with Crippen molar-refractivity contribution in [3.8, 4) is 0 Å². The van der Waals surface area contributed by atoms with Gasteiger partial charge in [0.2, 0.25) is 11.3 Å². The van der Waals surface area contributed by atoms with Crippen LogP contribution in [0.3, 0.4) is 0 Å². The normalized spacial score (nSPS) is 27.4. The molecule has 2 unspecified atom stereocenters. The fraction of sp³-hybridized carbons (Fsp3) is 0.455. The van der Waals surface area contributed by atoms with Crippen LogP contribution in [0.2, 0.25) is 0 Å². The molecular formula is C11H15N4O6PS2. The lowest BCUT2D eigenvalue weighted by Gasteiger charge is -2.12. The zero-order valence-electron chi connectivity index (χ0n) is 12.8. The van der Waals surface area contributed by atoms with E-state index in [1.807, 2.05) is 0 Å². The van der Waals surface area contributed by atoms with Crippen molar-refractivity contribution >= 4 is 53.5 Å². The zero-order valence-corrected chi connectivity index (χ0v) is 15.3. The van der Waals surface area contributed by atoms with Crippen molar-refractivity contribution in [2.45, 2.75) is 5.44 Å². The third kappa shape index (κ3) is 4.26. The fourth-order valence-corrected chi connectivity index (χ4v) is 4.21. The van der Waals surface area contributed by atoms with Crippen molar-refractivity contribution in [2.75, 3.05) is 26.5 Å². The molecule has 0 aromatic heterocycles. The van der Waals surface area contributed by atoms with E-state index >= 15 is 0 Å². The quantitative estimate of drug-likeness (QED) is 0.396. The maximum Gasteiger partial charge on any atom is 0.473 e. The average Bonchev–Trinajstić information content (AvgIpc) is 3.01. The number of carbonyl (C=O) groups excluding carboxylic acids is 2. The first kappa shape index (κ1) is 19.2. The third-order valence-electron chi connectivity index (χ3n) is 2.88. The average molecular weight is 394 g/mol. The Bertz CT molecular complexity index is 669. The highest BCUT2D eigenvalue weighted by atomic mass is 32.2. The van der Waals surface area contributed by atoms with Gasteiger partial charge in [-0.15, -0.1) is 16.8 Å². The molecule has 1 N–H and O–H groups in total. The topological polar surface area (TPSA) is 121 Å². The van der Waals surface area contributed by atoms with Gasteiger partial charge in [-0.1, -0.05) is 17.8 Å².